The van der Waals surface area contributed by atoms with E-state index < -0.39 is 10.8 Å². The monoisotopic (exact) mass is 320 g/mol. The van der Waals surface area contributed by atoms with Gasteiger partial charge in [0.05, 0.1) is 17.4 Å². The average Bonchev–Trinajstić information content (AvgIpc) is 3.00. The number of hydrogen-bond donors (Lipinski definition) is 1. The number of benzene rings is 1. The third kappa shape index (κ3) is 3.79. The minimum atomic E-state index is -0.957. The third-order valence-corrected chi connectivity index (χ3v) is 5.00. The standard InChI is InChI=1S/C15H20N4O2S/c1-12-16-15(18-17-12)14-11-19(7-9-21-14)8-10-22(20)13-5-3-2-4-6-13/h2-6,14H,7-11H2,1H3,(H,16,17,18)/t14-,22+/m0/s1. The Morgan fingerprint density at radius 3 is 2.95 bits per heavy atom. The number of nitrogens with zero attached hydrogens (tertiary/aromatic N) is 3. The van der Waals surface area contributed by atoms with Crippen molar-refractivity contribution in [1.82, 2.24) is 20.1 Å². The summed E-state index contributed by atoms with van der Waals surface area (Å²) in [6, 6.07) is 9.60. The zero-order valence-corrected chi connectivity index (χ0v) is 13.4. The Balaban J connectivity index is 1.53. The van der Waals surface area contributed by atoms with Crippen molar-refractivity contribution >= 4 is 10.8 Å². The molecule has 7 heteroatoms. The van der Waals surface area contributed by atoms with Crippen molar-refractivity contribution in [2.75, 3.05) is 32.0 Å². The van der Waals surface area contributed by atoms with E-state index in [9.17, 15) is 4.21 Å². The van der Waals surface area contributed by atoms with Crippen molar-refractivity contribution in [3.8, 4) is 0 Å². The summed E-state index contributed by atoms with van der Waals surface area (Å²) in [5.41, 5.74) is 0. The van der Waals surface area contributed by atoms with E-state index in [1.807, 2.05) is 37.3 Å². The van der Waals surface area contributed by atoms with Gasteiger partial charge in [-0.25, -0.2) is 4.98 Å². The average molecular weight is 320 g/mol. The first-order valence-electron chi connectivity index (χ1n) is 7.38. The van der Waals surface area contributed by atoms with E-state index in [2.05, 4.69) is 20.1 Å². The van der Waals surface area contributed by atoms with Crippen LogP contribution in [0, 0.1) is 6.92 Å². The van der Waals surface area contributed by atoms with Crippen LogP contribution in [0.4, 0.5) is 0 Å². The molecule has 1 aliphatic rings. The summed E-state index contributed by atoms with van der Waals surface area (Å²) >= 11 is 0. The Hall–Kier alpha value is -1.57. The zero-order chi connectivity index (χ0) is 15.4. The molecule has 0 bridgehead atoms. The van der Waals surface area contributed by atoms with E-state index in [4.69, 9.17) is 4.74 Å². The number of aromatic nitrogens is 3. The minimum Gasteiger partial charge on any atom is -0.367 e. The fourth-order valence-corrected chi connectivity index (χ4v) is 3.59. The molecular weight excluding hydrogens is 300 g/mol. The van der Waals surface area contributed by atoms with Gasteiger partial charge < -0.3 is 4.74 Å². The van der Waals surface area contributed by atoms with Crippen LogP contribution in [-0.2, 0) is 15.5 Å². The van der Waals surface area contributed by atoms with E-state index in [0.29, 0.717) is 18.2 Å². The minimum absolute atomic E-state index is 0.108. The van der Waals surface area contributed by atoms with Crippen molar-refractivity contribution in [3.63, 3.8) is 0 Å². The first-order valence-corrected chi connectivity index (χ1v) is 8.70. The SMILES string of the molecule is Cc1nc([C@@H]2CN(CC[S@@](=O)c3ccccc3)CCO2)n[nH]1. The smallest absolute Gasteiger partial charge is 0.180 e. The van der Waals surface area contributed by atoms with Crippen molar-refractivity contribution in [2.45, 2.75) is 17.9 Å². The van der Waals surface area contributed by atoms with Crippen LogP contribution in [-0.4, -0.2) is 56.3 Å². The molecular formula is C15H20N4O2S. The highest BCUT2D eigenvalue weighted by Gasteiger charge is 2.25. The molecule has 1 saturated heterocycles. The molecule has 1 fully saturated rings. The lowest BCUT2D eigenvalue weighted by molar-refractivity contribution is -0.0321. The molecule has 6 nitrogen and oxygen atoms in total. The molecule has 0 aliphatic carbocycles. The van der Waals surface area contributed by atoms with Crippen LogP contribution in [0.15, 0.2) is 35.2 Å². The Morgan fingerprint density at radius 2 is 2.23 bits per heavy atom. The summed E-state index contributed by atoms with van der Waals surface area (Å²) in [4.78, 5) is 7.48. The number of aromatic amines is 1. The molecule has 2 atom stereocenters. The van der Waals surface area contributed by atoms with Crippen molar-refractivity contribution in [1.29, 1.82) is 0 Å². The maximum absolute atomic E-state index is 12.3. The number of morpholine rings is 1. The van der Waals surface area contributed by atoms with E-state index in [1.54, 1.807) is 0 Å². The summed E-state index contributed by atoms with van der Waals surface area (Å²) < 4.78 is 18.0. The van der Waals surface area contributed by atoms with Crippen LogP contribution in [0.1, 0.15) is 17.8 Å². The molecule has 0 unspecified atom stereocenters. The number of aryl methyl sites for hydroxylation is 1. The van der Waals surface area contributed by atoms with Crippen LogP contribution in [0.25, 0.3) is 0 Å². The predicted molar refractivity (Wildman–Crippen MR) is 84.0 cm³/mol. The number of hydrogen-bond acceptors (Lipinski definition) is 5. The Kier molecular flexibility index (Phi) is 4.97. The van der Waals surface area contributed by atoms with E-state index >= 15 is 0 Å². The Morgan fingerprint density at radius 1 is 1.41 bits per heavy atom. The number of nitrogens with one attached hydrogen (secondary N) is 1. The van der Waals surface area contributed by atoms with Crippen molar-refractivity contribution in [3.05, 3.63) is 42.0 Å². The van der Waals surface area contributed by atoms with Gasteiger partial charge >= 0.3 is 0 Å². The molecule has 0 spiro atoms. The maximum Gasteiger partial charge on any atom is 0.180 e. The highest BCUT2D eigenvalue weighted by Crippen LogP contribution is 2.19. The van der Waals surface area contributed by atoms with Crippen molar-refractivity contribution in [2.24, 2.45) is 0 Å². The molecule has 1 N–H and O–H groups in total. The molecule has 0 radical (unpaired) electrons. The second-order valence-electron chi connectivity index (χ2n) is 5.30. The molecule has 1 aliphatic heterocycles. The number of ether oxygens (including phenoxy) is 1. The van der Waals surface area contributed by atoms with Crippen molar-refractivity contribution < 1.29 is 8.95 Å². The molecule has 2 aromatic rings. The first-order chi connectivity index (χ1) is 10.7. The molecule has 1 aromatic heterocycles. The largest absolute Gasteiger partial charge is 0.367 e. The highest BCUT2D eigenvalue weighted by molar-refractivity contribution is 7.85. The summed E-state index contributed by atoms with van der Waals surface area (Å²) in [6.45, 7) is 4.90. The summed E-state index contributed by atoms with van der Waals surface area (Å²) in [6.07, 6.45) is -0.108. The maximum atomic E-state index is 12.3. The molecule has 1 aromatic carbocycles. The molecule has 22 heavy (non-hydrogen) atoms. The first kappa shape index (κ1) is 15.3. The normalized spacial score (nSPS) is 20.9. The zero-order valence-electron chi connectivity index (χ0n) is 12.6. The fraction of sp³-hybridized carbons (Fsp3) is 0.467. The van der Waals surface area contributed by atoms with Crippen LogP contribution >= 0.6 is 0 Å². The summed E-state index contributed by atoms with van der Waals surface area (Å²) in [5.74, 6) is 2.12. The van der Waals surface area contributed by atoms with Gasteiger partial charge in [-0.05, 0) is 19.1 Å². The number of rotatable bonds is 5. The third-order valence-electron chi connectivity index (χ3n) is 3.65. The lowest BCUT2D eigenvalue weighted by Gasteiger charge is -2.31. The molecule has 0 amide bonds. The summed E-state index contributed by atoms with van der Waals surface area (Å²) in [5, 5.41) is 7.01. The fourth-order valence-electron chi connectivity index (χ4n) is 2.47. The summed E-state index contributed by atoms with van der Waals surface area (Å²) in [7, 11) is -0.957. The van der Waals surface area contributed by atoms with E-state index in [0.717, 1.165) is 30.4 Å². The molecule has 0 saturated carbocycles. The van der Waals surface area contributed by atoms with E-state index in [1.165, 1.54) is 0 Å². The van der Waals surface area contributed by atoms with Gasteiger partial charge in [0.2, 0.25) is 0 Å². The van der Waals surface area contributed by atoms with Crippen LogP contribution in [0.3, 0.4) is 0 Å². The van der Waals surface area contributed by atoms with Gasteiger partial charge in [-0.15, -0.1) is 0 Å². The second kappa shape index (κ2) is 7.13. The second-order valence-corrected chi connectivity index (χ2v) is 6.87. The number of H-pyrrole nitrogens is 1. The van der Waals surface area contributed by atoms with Gasteiger partial charge in [0.15, 0.2) is 5.82 Å². The van der Waals surface area contributed by atoms with Gasteiger partial charge in [0.25, 0.3) is 0 Å². The Labute approximate surface area is 132 Å². The van der Waals surface area contributed by atoms with Gasteiger partial charge in [-0.2, -0.15) is 5.10 Å². The van der Waals surface area contributed by atoms with Gasteiger partial charge in [0, 0.05) is 30.3 Å². The molecule has 118 valence electrons. The predicted octanol–water partition coefficient (Wildman–Crippen LogP) is 1.29. The lowest BCUT2D eigenvalue weighted by Crippen LogP contribution is -2.40. The van der Waals surface area contributed by atoms with Gasteiger partial charge in [-0.3, -0.25) is 14.2 Å². The lowest BCUT2D eigenvalue weighted by atomic mass is 10.2. The molecule has 3 rings (SSSR count). The van der Waals surface area contributed by atoms with Crippen LogP contribution in [0.5, 0.6) is 0 Å². The quantitative estimate of drug-likeness (QED) is 0.899. The Bertz CT molecular complexity index is 631. The van der Waals surface area contributed by atoms with Crippen LogP contribution < -0.4 is 0 Å². The van der Waals surface area contributed by atoms with E-state index in [-0.39, 0.29) is 6.10 Å². The molecule has 2 heterocycles. The topological polar surface area (TPSA) is 71.1 Å². The van der Waals surface area contributed by atoms with Gasteiger partial charge in [0.1, 0.15) is 11.9 Å². The highest BCUT2D eigenvalue weighted by atomic mass is 32.2. The van der Waals surface area contributed by atoms with Gasteiger partial charge in [-0.1, -0.05) is 18.2 Å². The van der Waals surface area contributed by atoms with Crippen LogP contribution in [0.2, 0.25) is 0 Å².